The first-order chi connectivity index (χ1) is 24.5. The molecule has 5 aromatic carbocycles. The number of piperidine rings is 1. The average molecular weight is 801 g/mol. The SMILES string of the molecule is C=C1CC[C@@](CO[C@H](C)c2cc(C(F)(F)F)cc(C(F)(F)F)c2)(c2ccccc2)NC1.CP(Br)(c1ccccc1)(c1ccccc1)c1ccccc1. The molecule has 0 aromatic heterocycles. The summed E-state index contributed by atoms with van der Waals surface area (Å²) in [5, 5.41) is 4.87. The van der Waals surface area contributed by atoms with Crippen LogP contribution in [0.1, 0.15) is 48.1 Å². The Labute approximate surface area is 309 Å². The van der Waals surface area contributed by atoms with Gasteiger partial charge in [0.25, 0.3) is 0 Å². The van der Waals surface area contributed by atoms with Gasteiger partial charge in [0.15, 0.2) is 0 Å². The Balaban J connectivity index is 0.000000216. The van der Waals surface area contributed by atoms with Gasteiger partial charge in [-0.05, 0) is 49.1 Å². The van der Waals surface area contributed by atoms with Gasteiger partial charge < -0.3 is 10.1 Å². The zero-order valence-corrected chi connectivity index (χ0v) is 31.4. The molecule has 0 radical (unpaired) electrons. The Morgan fingerprint density at radius 2 is 1.12 bits per heavy atom. The Morgan fingerprint density at radius 3 is 1.48 bits per heavy atom. The van der Waals surface area contributed by atoms with Crippen molar-refractivity contribution in [3.63, 3.8) is 0 Å². The first-order valence-electron chi connectivity index (χ1n) is 16.8. The van der Waals surface area contributed by atoms with Gasteiger partial charge in [0.1, 0.15) is 0 Å². The number of nitrogens with one attached hydrogen (secondary N) is 1. The first kappa shape index (κ1) is 39.5. The van der Waals surface area contributed by atoms with Crippen LogP contribution in [-0.4, -0.2) is 19.8 Å². The van der Waals surface area contributed by atoms with Crippen molar-refractivity contribution in [3.8, 4) is 0 Å². The summed E-state index contributed by atoms with van der Waals surface area (Å²) in [7, 11) is 0. The number of hydrogen-bond donors (Lipinski definition) is 1. The van der Waals surface area contributed by atoms with Gasteiger partial charge in [-0.2, -0.15) is 26.3 Å². The summed E-state index contributed by atoms with van der Waals surface area (Å²) in [5.74, 6) is 0. The van der Waals surface area contributed by atoms with Gasteiger partial charge in [-0.3, -0.25) is 0 Å². The summed E-state index contributed by atoms with van der Waals surface area (Å²) >= 11 is 4.24. The van der Waals surface area contributed by atoms with Crippen LogP contribution in [0, 0.1) is 0 Å². The van der Waals surface area contributed by atoms with Crippen molar-refractivity contribution in [1.82, 2.24) is 5.32 Å². The van der Waals surface area contributed by atoms with E-state index in [1.807, 2.05) is 30.3 Å². The molecule has 1 aliphatic rings. The average Bonchev–Trinajstić information content (AvgIpc) is 3.15. The van der Waals surface area contributed by atoms with Crippen molar-refractivity contribution in [3.05, 3.63) is 174 Å². The van der Waals surface area contributed by atoms with Gasteiger partial charge in [-0.1, -0.05) is 42.5 Å². The van der Waals surface area contributed by atoms with Crippen LogP contribution in [-0.2, 0) is 22.6 Å². The maximum absolute atomic E-state index is 13.2. The molecule has 1 aliphatic heterocycles. The molecule has 10 heteroatoms. The van der Waals surface area contributed by atoms with E-state index in [1.165, 1.54) is 22.8 Å². The fourth-order valence-electron chi connectivity index (χ4n) is 6.44. The monoisotopic (exact) mass is 799 g/mol. The molecule has 0 bridgehead atoms. The number of rotatable bonds is 8. The van der Waals surface area contributed by atoms with Gasteiger partial charge in [0, 0.05) is 6.54 Å². The van der Waals surface area contributed by atoms with Crippen LogP contribution in [0.3, 0.4) is 0 Å². The molecule has 1 fully saturated rings. The second kappa shape index (κ2) is 15.7. The summed E-state index contributed by atoms with van der Waals surface area (Å²) in [6.07, 6.45) is -9.38. The molecule has 2 nitrogen and oxygen atoms in total. The summed E-state index contributed by atoms with van der Waals surface area (Å²) in [6, 6.07) is 43.3. The summed E-state index contributed by atoms with van der Waals surface area (Å²) in [4.78, 5) is 0. The van der Waals surface area contributed by atoms with Gasteiger partial charge in [-0.25, -0.2) is 0 Å². The zero-order valence-electron chi connectivity index (χ0n) is 28.9. The number of benzene rings is 5. The van der Waals surface area contributed by atoms with Crippen LogP contribution in [0.5, 0.6) is 0 Å². The molecule has 1 saturated heterocycles. The molecule has 0 saturated carbocycles. The number of ether oxygens (including phenoxy) is 1. The first-order valence-corrected chi connectivity index (χ1v) is 21.5. The third kappa shape index (κ3) is 8.71. The molecule has 0 aliphatic carbocycles. The van der Waals surface area contributed by atoms with Crippen LogP contribution in [0.2, 0.25) is 0 Å². The zero-order chi connectivity index (χ0) is 37.6. The quantitative estimate of drug-likeness (QED) is 0.0959. The maximum atomic E-state index is 13.2. The Morgan fingerprint density at radius 1 is 0.712 bits per heavy atom. The fourth-order valence-corrected chi connectivity index (χ4v) is 12.1. The van der Waals surface area contributed by atoms with Crippen molar-refractivity contribution >= 4 is 36.7 Å². The normalized spacial score (nSPS) is 18.0. The van der Waals surface area contributed by atoms with Crippen LogP contribution in [0.4, 0.5) is 26.3 Å². The predicted molar refractivity (Wildman–Crippen MR) is 205 cm³/mol. The van der Waals surface area contributed by atoms with Crippen molar-refractivity contribution < 1.29 is 31.1 Å². The van der Waals surface area contributed by atoms with Crippen molar-refractivity contribution in [1.29, 1.82) is 0 Å². The molecule has 2 atom stereocenters. The van der Waals surface area contributed by atoms with E-state index in [0.717, 1.165) is 17.6 Å². The number of halogens is 7. The van der Waals surface area contributed by atoms with E-state index in [9.17, 15) is 26.3 Å². The van der Waals surface area contributed by atoms with Crippen molar-refractivity contribution in [2.45, 2.75) is 43.8 Å². The minimum absolute atomic E-state index is 0.0864. The van der Waals surface area contributed by atoms with Crippen molar-refractivity contribution in [2.24, 2.45) is 0 Å². The summed E-state index contributed by atoms with van der Waals surface area (Å²) < 4.78 is 84.9. The van der Waals surface area contributed by atoms with Crippen LogP contribution in [0.25, 0.3) is 0 Å². The Bertz CT molecular complexity index is 1790. The van der Waals surface area contributed by atoms with E-state index in [2.05, 4.69) is 125 Å². The van der Waals surface area contributed by atoms with Gasteiger partial charge in [0.2, 0.25) is 0 Å². The van der Waals surface area contributed by atoms with E-state index in [4.69, 9.17) is 4.74 Å². The molecular weight excluding hydrogens is 759 g/mol. The van der Waals surface area contributed by atoms with Crippen molar-refractivity contribution in [2.75, 3.05) is 19.8 Å². The van der Waals surface area contributed by atoms with Crippen LogP contribution >= 0.6 is 20.8 Å². The van der Waals surface area contributed by atoms with Gasteiger partial charge in [0.05, 0.1) is 29.4 Å². The van der Waals surface area contributed by atoms with Crippen LogP contribution in [0.15, 0.2) is 152 Å². The molecule has 1 heterocycles. The van der Waals surface area contributed by atoms with Gasteiger partial charge >= 0.3 is 147 Å². The fraction of sp³-hybridized carbons (Fsp3) is 0.238. The second-order valence-corrected chi connectivity index (χ2v) is 23.0. The third-order valence-electron chi connectivity index (χ3n) is 9.68. The number of hydrogen-bond acceptors (Lipinski definition) is 2. The van der Waals surface area contributed by atoms with Crippen LogP contribution < -0.4 is 21.2 Å². The molecule has 0 amide bonds. The summed E-state index contributed by atoms with van der Waals surface area (Å²) in [5.41, 5.74) is -1.52. The molecule has 52 heavy (non-hydrogen) atoms. The molecule has 0 unspecified atom stereocenters. The Hall–Kier alpha value is -3.75. The molecule has 5 aromatic rings. The molecule has 6 rings (SSSR count). The minimum atomic E-state index is -4.90. The van der Waals surface area contributed by atoms with E-state index < -0.39 is 40.4 Å². The van der Waals surface area contributed by atoms with E-state index >= 15 is 0 Å². The molecule has 0 spiro atoms. The summed E-state index contributed by atoms with van der Waals surface area (Å²) in [6.45, 7) is 8.42. The third-order valence-corrected chi connectivity index (χ3v) is 17.9. The number of alkyl halides is 6. The molecule has 274 valence electrons. The van der Waals surface area contributed by atoms with E-state index in [-0.39, 0.29) is 18.2 Å². The predicted octanol–water partition coefficient (Wildman–Crippen LogP) is 11.1. The van der Waals surface area contributed by atoms with Gasteiger partial charge in [-0.15, -0.1) is 0 Å². The standard InChI is InChI=1S/C23H23F6NO.C19H18BrP/c1-15-8-9-21(30-13-15,18-6-4-3-5-7-18)14-31-16(2)17-10-19(22(24,25)26)12-20(11-17)23(27,28)29;1-21(20,17-11-5-2-6-12-17,18-13-7-3-8-14-18)19-15-9-4-10-16-19/h3-7,10-12,16,30H,1,8-9,13-14H2,2H3;2-16H,1H3/t16-,21-;/m1./s1. The topological polar surface area (TPSA) is 21.3 Å². The Kier molecular flexibility index (Phi) is 11.9. The molecular formula is C42H41BrF6NOP. The molecule has 1 N–H and O–H groups in total. The van der Waals surface area contributed by atoms with E-state index in [0.29, 0.717) is 25.1 Å². The second-order valence-electron chi connectivity index (χ2n) is 13.3. The van der Waals surface area contributed by atoms with E-state index in [1.54, 1.807) is 0 Å².